The third-order valence-corrected chi connectivity index (χ3v) is 5.51. The Kier molecular flexibility index (Phi) is 4.49. The first kappa shape index (κ1) is 15.6. The molecule has 3 aromatic rings. The van der Waals surface area contributed by atoms with Crippen molar-refractivity contribution in [1.29, 1.82) is 0 Å². The fourth-order valence-electron chi connectivity index (χ4n) is 3.05. The predicted octanol–water partition coefficient (Wildman–Crippen LogP) is 3.82. The summed E-state index contributed by atoms with van der Waals surface area (Å²) in [6, 6.07) is 10.8. The van der Waals surface area contributed by atoms with Crippen LogP contribution in [0.5, 0.6) is 0 Å². The van der Waals surface area contributed by atoms with E-state index in [1.54, 1.807) is 17.5 Å². The molecule has 1 aliphatic heterocycles. The van der Waals surface area contributed by atoms with E-state index < -0.39 is 0 Å². The van der Waals surface area contributed by atoms with Crippen molar-refractivity contribution in [2.45, 2.75) is 25.3 Å². The van der Waals surface area contributed by atoms with E-state index in [1.807, 2.05) is 16.9 Å². The summed E-state index contributed by atoms with van der Waals surface area (Å²) in [7, 11) is 0. The van der Waals surface area contributed by atoms with Crippen molar-refractivity contribution < 1.29 is 0 Å². The molecule has 0 N–H and O–H groups in total. The van der Waals surface area contributed by atoms with E-state index in [4.69, 9.17) is 11.6 Å². The third-order valence-electron chi connectivity index (χ3n) is 4.33. The van der Waals surface area contributed by atoms with Crippen LogP contribution < -0.4 is 4.90 Å². The van der Waals surface area contributed by atoms with Crippen LogP contribution in [-0.4, -0.2) is 33.1 Å². The zero-order valence-corrected chi connectivity index (χ0v) is 14.7. The lowest BCUT2D eigenvalue weighted by atomic mass is 10.1. The second kappa shape index (κ2) is 6.91. The van der Waals surface area contributed by atoms with Crippen LogP contribution in [0, 0.1) is 0 Å². The second-order valence-corrected chi connectivity index (χ2v) is 7.47. The van der Waals surface area contributed by atoms with Crippen LogP contribution in [0.3, 0.4) is 0 Å². The molecule has 3 heterocycles. The lowest BCUT2D eigenvalue weighted by Gasteiger charge is -2.31. The number of hydrogen-bond donors (Lipinski definition) is 0. The Bertz CT molecular complexity index is 792. The molecule has 1 saturated heterocycles. The molecule has 0 aliphatic carbocycles. The Labute approximate surface area is 149 Å². The molecule has 0 saturated carbocycles. The lowest BCUT2D eigenvalue weighted by molar-refractivity contribution is 0.366. The van der Waals surface area contributed by atoms with Gasteiger partial charge in [0.2, 0.25) is 5.13 Å². The Morgan fingerprint density at radius 3 is 2.62 bits per heavy atom. The highest BCUT2D eigenvalue weighted by atomic mass is 35.5. The van der Waals surface area contributed by atoms with Crippen LogP contribution in [0.2, 0.25) is 5.02 Å². The van der Waals surface area contributed by atoms with Gasteiger partial charge in [-0.3, -0.25) is 4.68 Å². The van der Waals surface area contributed by atoms with Gasteiger partial charge in [0.25, 0.3) is 0 Å². The molecule has 124 valence electrons. The summed E-state index contributed by atoms with van der Waals surface area (Å²) in [4.78, 5) is 2.33. The van der Waals surface area contributed by atoms with Gasteiger partial charge < -0.3 is 4.90 Å². The topological polar surface area (TPSA) is 46.8 Å². The van der Waals surface area contributed by atoms with Gasteiger partial charge in [0.15, 0.2) is 0 Å². The highest BCUT2D eigenvalue weighted by molar-refractivity contribution is 7.15. The van der Waals surface area contributed by atoms with Gasteiger partial charge >= 0.3 is 0 Å². The van der Waals surface area contributed by atoms with Crippen LogP contribution in [0.1, 0.15) is 29.5 Å². The fourth-order valence-corrected chi connectivity index (χ4v) is 4.12. The summed E-state index contributed by atoms with van der Waals surface area (Å²) in [6.07, 6.45) is 6.55. The van der Waals surface area contributed by atoms with Gasteiger partial charge in [-0.25, -0.2) is 0 Å². The molecule has 0 bridgehead atoms. The molecule has 24 heavy (non-hydrogen) atoms. The molecule has 2 aromatic heterocycles. The Balaban J connectivity index is 1.37. The summed E-state index contributed by atoms with van der Waals surface area (Å²) in [5, 5.41) is 15.9. The summed E-state index contributed by atoms with van der Waals surface area (Å²) in [6.45, 7) is 1.95. The molecular formula is C17H18ClN5S. The molecule has 1 aliphatic rings. The molecular weight excluding hydrogens is 342 g/mol. The molecule has 0 atom stereocenters. The smallest absolute Gasteiger partial charge is 0.208 e. The Morgan fingerprint density at radius 2 is 1.92 bits per heavy atom. The summed E-state index contributed by atoms with van der Waals surface area (Å²) in [5.74, 6) is 0. The van der Waals surface area contributed by atoms with Crippen molar-refractivity contribution in [3.8, 4) is 0 Å². The number of nitrogens with zero attached hydrogens (tertiary/aromatic N) is 5. The quantitative estimate of drug-likeness (QED) is 0.710. The lowest BCUT2D eigenvalue weighted by Crippen LogP contribution is -2.34. The van der Waals surface area contributed by atoms with Crippen molar-refractivity contribution >= 4 is 28.1 Å². The molecule has 0 radical (unpaired) electrons. The second-order valence-electron chi connectivity index (χ2n) is 6.00. The molecule has 1 aromatic carbocycles. The Hall–Kier alpha value is -1.92. The first-order valence-electron chi connectivity index (χ1n) is 8.09. The van der Waals surface area contributed by atoms with Crippen LogP contribution in [-0.2, 0) is 6.42 Å². The summed E-state index contributed by atoms with van der Waals surface area (Å²) < 4.78 is 1.99. The number of halogens is 1. The van der Waals surface area contributed by atoms with Gasteiger partial charge in [0.1, 0.15) is 5.01 Å². The van der Waals surface area contributed by atoms with E-state index in [2.05, 4.69) is 44.5 Å². The molecule has 5 nitrogen and oxygen atoms in total. The zero-order valence-electron chi connectivity index (χ0n) is 13.2. The van der Waals surface area contributed by atoms with Crippen molar-refractivity contribution in [1.82, 2.24) is 20.0 Å². The average molecular weight is 360 g/mol. The van der Waals surface area contributed by atoms with E-state index in [0.717, 1.165) is 42.5 Å². The van der Waals surface area contributed by atoms with E-state index in [9.17, 15) is 0 Å². The van der Waals surface area contributed by atoms with Gasteiger partial charge in [-0.2, -0.15) is 5.10 Å². The van der Waals surface area contributed by atoms with E-state index >= 15 is 0 Å². The highest BCUT2D eigenvalue weighted by Crippen LogP contribution is 2.29. The van der Waals surface area contributed by atoms with Gasteiger partial charge in [0.05, 0.1) is 17.3 Å². The first-order valence-corrected chi connectivity index (χ1v) is 9.28. The monoisotopic (exact) mass is 359 g/mol. The van der Waals surface area contributed by atoms with E-state index in [1.165, 1.54) is 5.56 Å². The van der Waals surface area contributed by atoms with Crippen LogP contribution in [0.4, 0.5) is 5.13 Å². The van der Waals surface area contributed by atoms with Gasteiger partial charge in [0, 0.05) is 25.7 Å². The predicted molar refractivity (Wildman–Crippen MR) is 96.9 cm³/mol. The summed E-state index contributed by atoms with van der Waals surface area (Å²) in [5.41, 5.74) is 1.27. The maximum absolute atomic E-state index is 5.96. The maximum Gasteiger partial charge on any atom is 0.208 e. The third kappa shape index (κ3) is 3.44. The van der Waals surface area contributed by atoms with E-state index in [-0.39, 0.29) is 0 Å². The largest absolute Gasteiger partial charge is 0.347 e. The van der Waals surface area contributed by atoms with Gasteiger partial charge in [-0.05, 0) is 18.4 Å². The first-order chi connectivity index (χ1) is 11.8. The standard InChI is InChI=1S/C17H18ClN5S/c18-14-11-19-23(12-14)15-6-8-22(9-7-15)17-21-20-16(24-17)10-13-4-2-1-3-5-13/h1-5,11-12,15H,6-10H2. The normalized spacial score (nSPS) is 15.8. The average Bonchev–Trinajstić information content (AvgIpc) is 3.25. The van der Waals surface area contributed by atoms with Crippen LogP contribution in [0.15, 0.2) is 42.7 Å². The minimum absolute atomic E-state index is 0.422. The molecule has 0 spiro atoms. The SMILES string of the molecule is Clc1cnn(C2CCN(c3nnc(Cc4ccccc4)s3)CC2)c1. The minimum Gasteiger partial charge on any atom is -0.347 e. The summed E-state index contributed by atoms with van der Waals surface area (Å²) >= 11 is 7.66. The molecule has 1 fully saturated rings. The van der Waals surface area contributed by atoms with Crippen molar-refractivity contribution in [2.24, 2.45) is 0 Å². The number of benzene rings is 1. The molecule has 7 heteroatoms. The zero-order chi connectivity index (χ0) is 16.4. The van der Waals surface area contributed by atoms with Crippen molar-refractivity contribution in [2.75, 3.05) is 18.0 Å². The van der Waals surface area contributed by atoms with Crippen molar-refractivity contribution in [3.63, 3.8) is 0 Å². The van der Waals surface area contributed by atoms with Gasteiger partial charge in [-0.15, -0.1) is 10.2 Å². The van der Waals surface area contributed by atoms with Crippen molar-refractivity contribution in [3.05, 3.63) is 58.3 Å². The minimum atomic E-state index is 0.422. The number of rotatable bonds is 4. The molecule has 0 unspecified atom stereocenters. The van der Waals surface area contributed by atoms with Crippen LogP contribution in [0.25, 0.3) is 0 Å². The molecule has 0 amide bonds. The fraction of sp³-hybridized carbons (Fsp3) is 0.353. The van der Waals surface area contributed by atoms with Gasteiger partial charge in [-0.1, -0.05) is 53.3 Å². The maximum atomic E-state index is 5.96. The number of piperidine rings is 1. The van der Waals surface area contributed by atoms with Crippen LogP contribution >= 0.6 is 22.9 Å². The Morgan fingerprint density at radius 1 is 1.12 bits per heavy atom. The highest BCUT2D eigenvalue weighted by Gasteiger charge is 2.23. The molecule has 4 rings (SSSR count). The number of anilines is 1. The number of aromatic nitrogens is 4. The van der Waals surface area contributed by atoms with E-state index in [0.29, 0.717) is 11.1 Å². The number of hydrogen-bond acceptors (Lipinski definition) is 5.